The van der Waals surface area contributed by atoms with Crippen LogP contribution in [-0.2, 0) is 16.1 Å². The molecule has 0 unspecified atom stereocenters. The van der Waals surface area contributed by atoms with Gasteiger partial charge in [-0.15, -0.1) is 0 Å². The molecule has 2 aliphatic rings. The summed E-state index contributed by atoms with van der Waals surface area (Å²) in [6.45, 7) is 1.89. The van der Waals surface area contributed by atoms with Crippen molar-refractivity contribution in [2.45, 2.75) is 39.2 Å². The fourth-order valence-electron chi connectivity index (χ4n) is 3.53. The molecule has 0 radical (unpaired) electrons. The lowest BCUT2D eigenvalue weighted by Gasteiger charge is -2.15. The van der Waals surface area contributed by atoms with Crippen LogP contribution in [0, 0.1) is 29.6 Å². The van der Waals surface area contributed by atoms with Gasteiger partial charge in [0.1, 0.15) is 12.4 Å². The van der Waals surface area contributed by atoms with Crippen LogP contribution in [0.4, 0.5) is 5.69 Å². The number of aromatic nitrogens is 2. The van der Waals surface area contributed by atoms with Crippen molar-refractivity contribution in [3.8, 4) is 17.3 Å². The second-order valence-corrected chi connectivity index (χ2v) is 8.68. The maximum atomic E-state index is 12.8. The fourth-order valence-corrected chi connectivity index (χ4v) is 3.53. The van der Waals surface area contributed by atoms with Crippen molar-refractivity contribution < 1.29 is 14.7 Å². The van der Waals surface area contributed by atoms with E-state index in [2.05, 4.69) is 21.7 Å². The Morgan fingerprint density at radius 1 is 1.31 bits per heavy atom. The summed E-state index contributed by atoms with van der Waals surface area (Å²) in [5.74, 6) is -0.0928. The molecule has 2 saturated carbocycles. The van der Waals surface area contributed by atoms with Gasteiger partial charge in [0.05, 0.1) is 29.6 Å². The molecule has 0 aliphatic heterocycles. The molecule has 1 aromatic carbocycles. The van der Waals surface area contributed by atoms with Crippen LogP contribution in [0.5, 0.6) is 0 Å². The van der Waals surface area contributed by atoms with E-state index in [1.54, 1.807) is 25.1 Å². The molecule has 2 aliphatic carbocycles. The molecule has 0 spiro atoms. The molecule has 2 amide bonds. The van der Waals surface area contributed by atoms with E-state index in [0.29, 0.717) is 34.9 Å². The highest BCUT2D eigenvalue weighted by molar-refractivity contribution is 5.97. The Labute approximate surface area is 185 Å². The van der Waals surface area contributed by atoms with Gasteiger partial charge in [0, 0.05) is 29.5 Å². The molecule has 0 atom stereocenters. The Kier molecular flexibility index (Phi) is 5.80. The first-order valence-electron chi connectivity index (χ1n) is 10.7. The van der Waals surface area contributed by atoms with E-state index < -0.39 is 5.56 Å². The Morgan fingerprint density at radius 2 is 2.06 bits per heavy atom. The van der Waals surface area contributed by atoms with Crippen LogP contribution in [0.1, 0.15) is 37.1 Å². The molecule has 1 heterocycles. The summed E-state index contributed by atoms with van der Waals surface area (Å²) in [7, 11) is 0. The number of benzene rings is 1. The maximum absolute atomic E-state index is 12.8. The lowest BCUT2D eigenvalue weighted by molar-refractivity contribution is -0.122. The first-order valence-corrected chi connectivity index (χ1v) is 10.7. The summed E-state index contributed by atoms with van der Waals surface area (Å²) in [6.07, 6.45) is 3.44. The minimum atomic E-state index is -0.394. The summed E-state index contributed by atoms with van der Waals surface area (Å²) in [4.78, 5) is 41.9. The van der Waals surface area contributed by atoms with Gasteiger partial charge in [-0.25, -0.2) is 4.98 Å². The molecule has 3 N–H and O–H groups in total. The highest BCUT2D eigenvalue weighted by atomic mass is 16.3. The minimum Gasteiger partial charge on any atom is -0.396 e. The van der Waals surface area contributed by atoms with Crippen molar-refractivity contribution >= 4 is 17.5 Å². The number of hydrogen-bond acceptors (Lipinski definition) is 6. The van der Waals surface area contributed by atoms with Crippen LogP contribution in [0.3, 0.4) is 0 Å². The zero-order valence-corrected chi connectivity index (χ0v) is 17.9. The molecule has 9 nitrogen and oxygen atoms in total. The van der Waals surface area contributed by atoms with Gasteiger partial charge < -0.3 is 15.7 Å². The Bertz CT molecular complexity index is 1170. The van der Waals surface area contributed by atoms with Gasteiger partial charge in [-0.3, -0.25) is 19.0 Å². The van der Waals surface area contributed by atoms with Crippen molar-refractivity contribution in [1.29, 1.82) is 5.26 Å². The van der Waals surface area contributed by atoms with Crippen LogP contribution in [0.25, 0.3) is 11.3 Å². The largest absolute Gasteiger partial charge is 0.396 e. The van der Waals surface area contributed by atoms with E-state index in [9.17, 15) is 24.8 Å². The standard InChI is InChI=1S/C23H25N5O4/c1-14-26-19(9-21(31)28(14)11-20(30)25-12-23(13-29)6-7-23)17-5-2-15(10-24)8-18(17)27-22(32)16-3-4-16/h2,5,8-9,16,29H,3-4,6-7,11-13H2,1H3,(H,25,30)(H,27,32). The second kappa shape index (κ2) is 8.55. The van der Waals surface area contributed by atoms with E-state index >= 15 is 0 Å². The van der Waals surface area contributed by atoms with Crippen LogP contribution < -0.4 is 16.2 Å². The highest BCUT2D eigenvalue weighted by Crippen LogP contribution is 2.44. The molecular formula is C23H25N5O4. The molecule has 1 aromatic heterocycles. The number of hydrogen-bond donors (Lipinski definition) is 3. The number of aliphatic hydroxyl groups is 1. The Balaban J connectivity index is 1.56. The third-order valence-corrected chi connectivity index (χ3v) is 6.08. The smallest absolute Gasteiger partial charge is 0.254 e. The van der Waals surface area contributed by atoms with Gasteiger partial charge in [-0.05, 0) is 50.8 Å². The number of carbonyl (C=O) groups excluding carboxylic acids is 2. The van der Waals surface area contributed by atoms with Gasteiger partial charge in [-0.1, -0.05) is 0 Å². The Hall–Kier alpha value is -3.51. The topological polar surface area (TPSA) is 137 Å². The van der Waals surface area contributed by atoms with Crippen molar-refractivity contribution in [3.63, 3.8) is 0 Å². The van der Waals surface area contributed by atoms with Gasteiger partial charge in [0.15, 0.2) is 0 Å². The summed E-state index contributed by atoms with van der Waals surface area (Å²) in [5, 5.41) is 24.2. The predicted octanol–water partition coefficient (Wildman–Crippen LogP) is 1.33. The molecule has 32 heavy (non-hydrogen) atoms. The van der Waals surface area contributed by atoms with E-state index in [-0.39, 0.29) is 36.3 Å². The average Bonchev–Trinajstić information content (AvgIpc) is 3.69. The van der Waals surface area contributed by atoms with Gasteiger partial charge in [-0.2, -0.15) is 5.26 Å². The van der Waals surface area contributed by atoms with Crippen molar-refractivity contribution in [2.75, 3.05) is 18.5 Å². The fraction of sp³-hybridized carbons (Fsp3) is 0.435. The summed E-state index contributed by atoms with van der Waals surface area (Å²) >= 11 is 0. The first kappa shape index (κ1) is 21.7. The number of rotatable bonds is 8. The van der Waals surface area contributed by atoms with Gasteiger partial charge in [0.25, 0.3) is 5.56 Å². The number of aryl methyl sites for hydroxylation is 1. The second-order valence-electron chi connectivity index (χ2n) is 8.68. The summed E-state index contributed by atoms with van der Waals surface area (Å²) in [5.41, 5.74) is 1.11. The number of amides is 2. The lowest BCUT2D eigenvalue weighted by Crippen LogP contribution is -2.37. The molecule has 0 saturated heterocycles. The van der Waals surface area contributed by atoms with E-state index in [4.69, 9.17) is 0 Å². The maximum Gasteiger partial charge on any atom is 0.254 e. The van der Waals surface area contributed by atoms with E-state index in [0.717, 1.165) is 25.7 Å². The molecule has 9 heteroatoms. The zero-order valence-electron chi connectivity index (χ0n) is 17.9. The molecule has 4 rings (SSSR count). The third-order valence-electron chi connectivity index (χ3n) is 6.08. The number of nitrogens with one attached hydrogen (secondary N) is 2. The SMILES string of the molecule is Cc1nc(-c2ccc(C#N)cc2NC(=O)C2CC2)cc(=O)n1CC(=O)NCC1(CO)CC1. The predicted molar refractivity (Wildman–Crippen MR) is 117 cm³/mol. The Morgan fingerprint density at radius 3 is 2.66 bits per heavy atom. The summed E-state index contributed by atoms with van der Waals surface area (Å²) in [6, 6.07) is 8.21. The van der Waals surface area contributed by atoms with Gasteiger partial charge in [0.2, 0.25) is 11.8 Å². The number of aliphatic hydroxyl groups excluding tert-OH is 1. The van der Waals surface area contributed by atoms with Crippen molar-refractivity contribution in [2.24, 2.45) is 11.3 Å². The van der Waals surface area contributed by atoms with Crippen LogP contribution in [-0.4, -0.2) is 39.6 Å². The van der Waals surface area contributed by atoms with Crippen LogP contribution in [0.2, 0.25) is 0 Å². The molecule has 2 aromatic rings. The number of carbonyl (C=O) groups is 2. The minimum absolute atomic E-state index is 0.0181. The normalized spacial score (nSPS) is 16.2. The van der Waals surface area contributed by atoms with E-state index in [1.165, 1.54) is 10.6 Å². The monoisotopic (exact) mass is 435 g/mol. The molecular weight excluding hydrogens is 410 g/mol. The highest BCUT2D eigenvalue weighted by Gasteiger charge is 2.42. The van der Waals surface area contributed by atoms with E-state index in [1.807, 2.05) is 0 Å². The first-order chi connectivity index (χ1) is 15.3. The number of anilines is 1. The average molecular weight is 435 g/mol. The van der Waals surface area contributed by atoms with Crippen molar-refractivity contribution in [1.82, 2.24) is 14.9 Å². The lowest BCUT2D eigenvalue weighted by atomic mass is 10.1. The van der Waals surface area contributed by atoms with Crippen LogP contribution >= 0.6 is 0 Å². The molecule has 0 bridgehead atoms. The molecule has 2 fully saturated rings. The molecule has 166 valence electrons. The summed E-state index contributed by atoms with van der Waals surface area (Å²) < 4.78 is 1.28. The van der Waals surface area contributed by atoms with Crippen LogP contribution in [0.15, 0.2) is 29.1 Å². The van der Waals surface area contributed by atoms with Gasteiger partial charge >= 0.3 is 0 Å². The quantitative estimate of drug-likeness (QED) is 0.572. The number of nitrogens with zero attached hydrogens (tertiary/aromatic N) is 3. The van der Waals surface area contributed by atoms with Crippen molar-refractivity contribution in [3.05, 3.63) is 46.0 Å². The number of nitriles is 1. The zero-order chi connectivity index (χ0) is 22.9. The third kappa shape index (κ3) is 4.70.